The molecule has 14 heavy (non-hydrogen) atoms. The molecule has 2 atom stereocenters. The molecule has 1 heterocycles. The predicted molar refractivity (Wildman–Crippen MR) is 44.8 cm³/mol. The van der Waals surface area contributed by atoms with Gasteiger partial charge in [0.05, 0.1) is 6.04 Å². The first kappa shape index (κ1) is 10.6. The largest absolute Gasteiger partial charge is 0.479 e. The molecule has 0 radical (unpaired) electrons. The number of carboxylic acids is 1. The number of hydrogen-bond acceptors (Lipinski definition) is 4. The summed E-state index contributed by atoms with van der Waals surface area (Å²) in [4.78, 5) is 13.6. The van der Waals surface area contributed by atoms with E-state index >= 15 is 0 Å². The summed E-state index contributed by atoms with van der Waals surface area (Å²) in [6.45, 7) is 0. The van der Waals surface area contributed by atoms with Crippen LogP contribution in [0.15, 0.2) is 18.3 Å². The van der Waals surface area contributed by atoms with E-state index in [1.54, 1.807) is 0 Å². The van der Waals surface area contributed by atoms with Gasteiger partial charge in [-0.1, -0.05) is 0 Å². The highest BCUT2D eigenvalue weighted by molar-refractivity contribution is 5.73. The summed E-state index contributed by atoms with van der Waals surface area (Å²) in [5, 5.41) is 17.5. The second kappa shape index (κ2) is 4.12. The Morgan fingerprint density at radius 3 is 2.79 bits per heavy atom. The van der Waals surface area contributed by atoms with Gasteiger partial charge in [0.2, 0.25) is 5.95 Å². The van der Waals surface area contributed by atoms with Crippen molar-refractivity contribution in [2.24, 2.45) is 5.73 Å². The van der Waals surface area contributed by atoms with Crippen LogP contribution in [-0.4, -0.2) is 27.3 Å². The SMILES string of the molecule is N[C@H](c1ccnc(F)c1)[C@H](O)C(=O)O. The van der Waals surface area contributed by atoms with Gasteiger partial charge < -0.3 is 15.9 Å². The molecule has 0 unspecified atom stereocenters. The van der Waals surface area contributed by atoms with Crippen LogP contribution in [0.25, 0.3) is 0 Å². The third-order valence-corrected chi connectivity index (χ3v) is 1.73. The Morgan fingerprint density at radius 2 is 2.29 bits per heavy atom. The second-order valence-corrected chi connectivity index (χ2v) is 2.72. The maximum absolute atomic E-state index is 12.6. The molecule has 0 aliphatic heterocycles. The monoisotopic (exact) mass is 200 g/mol. The van der Waals surface area contributed by atoms with Crippen molar-refractivity contribution in [3.8, 4) is 0 Å². The maximum Gasteiger partial charge on any atom is 0.334 e. The number of carbonyl (C=O) groups is 1. The number of carboxylic acid groups (broad SMARTS) is 1. The molecule has 6 heteroatoms. The molecule has 1 rings (SSSR count). The van der Waals surface area contributed by atoms with Crippen LogP contribution in [0, 0.1) is 5.95 Å². The van der Waals surface area contributed by atoms with Crippen molar-refractivity contribution >= 4 is 5.97 Å². The fraction of sp³-hybridized carbons (Fsp3) is 0.250. The molecule has 0 aliphatic rings. The summed E-state index contributed by atoms with van der Waals surface area (Å²) in [6.07, 6.45) is -0.601. The zero-order valence-electron chi connectivity index (χ0n) is 7.09. The van der Waals surface area contributed by atoms with E-state index in [1.807, 2.05) is 0 Å². The first-order valence-corrected chi connectivity index (χ1v) is 3.80. The van der Waals surface area contributed by atoms with E-state index < -0.39 is 24.1 Å². The van der Waals surface area contributed by atoms with Crippen LogP contribution in [0.4, 0.5) is 4.39 Å². The fourth-order valence-corrected chi connectivity index (χ4v) is 0.961. The Labute approximate surface area is 79.0 Å². The number of nitrogens with two attached hydrogens (primary N) is 1. The Morgan fingerprint density at radius 1 is 1.64 bits per heavy atom. The lowest BCUT2D eigenvalue weighted by molar-refractivity contribution is -0.147. The minimum Gasteiger partial charge on any atom is -0.479 e. The summed E-state index contributed by atoms with van der Waals surface area (Å²) in [7, 11) is 0. The molecule has 4 N–H and O–H groups in total. The van der Waals surface area contributed by atoms with Crippen molar-refractivity contribution in [2.45, 2.75) is 12.1 Å². The Kier molecular flexibility index (Phi) is 3.10. The molecule has 0 aromatic carbocycles. The quantitative estimate of drug-likeness (QED) is 0.580. The molecular formula is C8H9FN2O3. The van der Waals surface area contributed by atoms with Gasteiger partial charge in [-0.2, -0.15) is 4.39 Å². The van der Waals surface area contributed by atoms with Crippen LogP contribution in [0.3, 0.4) is 0 Å². The number of aliphatic hydroxyl groups excluding tert-OH is 1. The topological polar surface area (TPSA) is 96.4 Å². The van der Waals surface area contributed by atoms with E-state index in [9.17, 15) is 9.18 Å². The molecule has 0 fully saturated rings. The highest BCUT2D eigenvalue weighted by Gasteiger charge is 2.23. The second-order valence-electron chi connectivity index (χ2n) is 2.72. The van der Waals surface area contributed by atoms with Crippen molar-refractivity contribution in [3.05, 3.63) is 29.8 Å². The summed E-state index contributed by atoms with van der Waals surface area (Å²) in [6, 6.07) is 1.17. The number of aromatic nitrogens is 1. The molecule has 1 aromatic rings. The van der Waals surface area contributed by atoms with Crippen molar-refractivity contribution in [3.63, 3.8) is 0 Å². The maximum atomic E-state index is 12.6. The minimum absolute atomic E-state index is 0.187. The van der Waals surface area contributed by atoms with Gasteiger partial charge in [0.25, 0.3) is 0 Å². The van der Waals surface area contributed by atoms with E-state index in [1.165, 1.54) is 6.07 Å². The van der Waals surface area contributed by atoms with Gasteiger partial charge in [-0.3, -0.25) is 0 Å². The Bertz CT molecular complexity index is 345. The number of aliphatic hydroxyl groups is 1. The van der Waals surface area contributed by atoms with Gasteiger partial charge in [0, 0.05) is 6.20 Å². The first-order chi connectivity index (χ1) is 6.52. The summed E-state index contributed by atoms with van der Waals surface area (Å²) in [5.41, 5.74) is 5.57. The molecule has 76 valence electrons. The van der Waals surface area contributed by atoms with E-state index in [4.69, 9.17) is 15.9 Å². The van der Waals surface area contributed by atoms with Gasteiger partial charge in [-0.25, -0.2) is 9.78 Å². The van der Waals surface area contributed by atoms with E-state index in [2.05, 4.69) is 4.98 Å². The molecule has 0 bridgehead atoms. The number of rotatable bonds is 3. The smallest absolute Gasteiger partial charge is 0.334 e. The van der Waals surface area contributed by atoms with Crippen LogP contribution < -0.4 is 5.73 Å². The van der Waals surface area contributed by atoms with Gasteiger partial charge in [0.1, 0.15) is 0 Å². The van der Waals surface area contributed by atoms with Crippen molar-refractivity contribution in [1.29, 1.82) is 0 Å². The van der Waals surface area contributed by atoms with Crippen LogP contribution >= 0.6 is 0 Å². The Hall–Kier alpha value is -1.53. The third kappa shape index (κ3) is 2.24. The molecule has 0 saturated heterocycles. The zero-order valence-corrected chi connectivity index (χ0v) is 7.09. The molecule has 5 nitrogen and oxygen atoms in total. The van der Waals surface area contributed by atoms with Gasteiger partial charge >= 0.3 is 5.97 Å². The lowest BCUT2D eigenvalue weighted by Gasteiger charge is -2.14. The van der Waals surface area contributed by atoms with Gasteiger partial charge in [0.15, 0.2) is 6.10 Å². The normalized spacial score (nSPS) is 14.8. The van der Waals surface area contributed by atoms with Crippen LogP contribution in [0.1, 0.15) is 11.6 Å². The van der Waals surface area contributed by atoms with Gasteiger partial charge in [-0.05, 0) is 17.7 Å². The van der Waals surface area contributed by atoms with Crippen LogP contribution in [0.5, 0.6) is 0 Å². The van der Waals surface area contributed by atoms with Crippen LogP contribution in [0.2, 0.25) is 0 Å². The molecule has 0 amide bonds. The number of hydrogen-bond donors (Lipinski definition) is 3. The predicted octanol–water partition coefficient (Wildman–Crippen LogP) is -0.334. The zero-order chi connectivity index (χ0) is 10.7. The number of halogens is 1. The van der Waals surface area contributed by atoms with Crippen LogP contribution in [-0.2, 0) is 4.79 Å². The van der Waals surface area contributed by atoms with E-state index in [-0.39, 0.29) is 5.56 Å². The minimum atomic E-state index is -1.75. The summed E-state index contributed by atoms with van der Waals surface area (Å²) < 4.78 is 12.6. The first-order valence-electron chi connectivity index (χ1n) is 3.80. The van der Waals surface area contributed by atoms with Crippen molar-refractivity contribution in [1.82, 2.24) is 4.98 Å². The fourth-order valence-electron chi connectivity index (χ4n) is 0.961. The third-order valence-electron chi connectivity index (χ3n) is 1.73. The number of aliphatic carboxylic acids is 1. The van der Waals surface area contributed by atoms with Crippen molar-refractivity contribution < 1.29 is 19.4 Å². The van der Waals surface area contributed by atoms with Crippen molar-refractivity contribution in [2.75, 3.05) is 0 Å². The highest BCUT2D eigenvalue weighted by Crippen LogP contribution is 2.14. The lowest BCUT2D eigenvalue weighted by atomic mass is 10.0. The molecular weight excluding hydrogens is 191 g/mol. The number of nitrogens with zero attached hydrogens (tertiary/aromatic N) is 1. The molecule has 1 aromatic heterocycles. The van der Waals surface area contributed by atoms with E-state index in [0.29, 0.717) is 0 Å². The molecule has 0 spiro atoms. The highest BCUT2D eigenvalue weighted by atomic mass is 19.1. The number of pyridine rings is 1. The molecule has 0 saturated carbocycles. The average Bonchev–Trinajstić information content (AvgIpc) is 2.15. The van der Waals surface area contributed by atoms with E-state index in [0.717, 1.165) is 12.3 Å². The summed E-state index contributed by atoms with van der Waals surface area (Å²) in [5.74, 6) is -2.22. The molecule has 0 aliphatic carbocycles. The average molecular weight is 200 g/mol. The van der Waals surface area contributed by atoms with Gasteiger partial charge in [-0.15, -0.1) is 0 Å². The lowest BCUT2D eigenvalue weighted by Crippen LogP contribution is -2.33. The Balaban J connectivity index is 2.89. The standard InChI is InChI=1S/C8H9FN2O3/c9-5-3-4(1-2-11-5)6(10)7(12)8(13)14/h1-3,6-7,12H,10H2,(H,13,14)/t6-,7+/m1/s1. The summed E-state index contributed by atoms with van der Waals surface area (Å²) >= 11 is 0.